The number of nitrogens with zero attached hydrogens (tertiary/aromatic N) is 3. The van der Waals surface area contributed by atoms with Gasteiger partial charge in [-0.05, 0) is 32.0 Å². The Hall–Kier alpha value is -2.68. The monoisotopic (exact) mass is 378 g/mol. The molecule has 1 N–H and O–H groups in total. The first-order chi connectivity index (χ1) is 12.2. The zero-order chi connectivity index (χ0) is 19.1. The first kappa shape index (κ1) is 18.1. The van der Waals surface area contributed by atoms with Gasteiger partial charge in [-0.15, -0.1) is 0 Å². The lowest BCUT2D eigenvalue weighted by Gasteiger charge is -2.09. The maximum absolute atomic E-state index is 13.4. The van der Waals surface area contributed by atoms with Crippen molar-refractivity contribution in [1.82, 2.24) is 14.7 Å². The molecule has 0 radical (unpaired) electrons. The number of benzene rings is 1. The minimum atomic E-state index is -4.00. The van der Waals surface area contributed by atoms with Gasteiger partial charge in [0.05, 0.1) is 11.3 Å². The van der Waals surface area contributed by atoms with E-state index in [4.69, 9.17) is 4.52 Å². The second-order valence-corrected chi connectivity index (χ2v) is 7.54. The summed E-state index contributed by atoms with van der Waals surface area (Å²) in [6, 6.07) is 5.27. The summed E-state index contributed by atoms with van der Waals surface area (Å²) in [5.41, 5.74) is 1.67. The van der Waals surface area contributed by atoms with Crippen LogP contribution in [0.2, 0.25) is 0 Å². The van der Waals surface area contributed by atoms with Gasteiger partial charge in [0, 0.05) is 24.9 Å². The number of anilines is 1. The molecule has 0 bridgehead atoms. The van der Waals surface area contributed by atoms with Gasteiger partial charge in [0.2, 0.25) is 0 Å². The Labute approximate surface area is 150 Å². The summed E-state index contributed by atoms with van der Waals surface area (Å²) in [5, 5.41) is 3.85. The highest BCUT2D eigenvalue weighted by Crippen LogP contribution is 2.35. The highest BCUT2D eigenvalue weighted by Gasteiger charge is 2.31. The third-order valence-electron chi connectivity index (χ3n) is 4.27. The van der Waals surface area contributed by atoms with Crippen molar-refractivity contribution < 1.29 is 17.3 Å². The van der Waals surface area contributed by atoms with Crippen LogP contribution in [0.4, 0.5) is 10.1 Å². The first-order valence-corrected chi connectivity index (χ1v) is 9.50. The molecule has 0 aliphatic carbocycles. The topological polar surface area (TPSA) is 90.0 Å². The molecule has 0 aliphatic rings. The Morgan fingerprint density at radius 1 is 1.27 bits per heavy atom. The van der Waals surface area contributed by atoms with Crippen molar-refractivity contribution in [3.05, 3.63) is 47.3 Å². The fraction of sp³-hybridized carbons (Fsp3) is 0.294. The summed E-state index contributed by atoms with van der Waals surface area (Å²) in [4.78, 5) is 4.30. The van der Waals surface area contributed by atoms with Gasteiger partial charge in [0.25, 0.3) is 15.9 Å². The molecule has 3 aromatic rings. The fourth-order valence-corrected chi connectivity index (χ4v) is 4.32. The molecular weight excluding hydrogens is 359 g/mol. The van der Waals surface area contributed by atoms with Crippen LogP contribution in [-0.4, -0.2) is 23.1 Å². The molecule has 0 atom stereocenters. The molecule has 0 fully saturated rings. The summed E-state index contributed by atoms with van der Waals surface area (Å²) < 4.78 is 48.9. The Kier molecular flexibility index (Phi) is 4.57. The highest BCUT2D eigenvalue weighted by atomic mass is 32.2. The third kappa shape index (κ3) is 3.10. The van der Waals surface area contributed by atoms with E-state index in [1.165, 1.54) is 18.2 Å². The van der Waals surface area contributed by atoms with Crippen LogP contribution in [0.5, 0.6) is 0 Å². The number of aryl methyl sites for hydroxylation is 1. The van der Waals surface area contributed by atoms with Gasteiger partial charge in [0.15, 0.2) is 5.82 Å². The molecule has 0 unspecified atom stereocenters. The lowest BCUT2D eigenvalue weighted by Crippen LogP contribution is -2.15. The molecule has 0 spiro atoms. The predicted octanol–water partition coefficient (Wildman–Crippen LogP) is 3.19. The maximum Gasteiger partial charge on any atom is 0.264 e. The second-order valence-electron chi connectivity index (χ2n) is 5.92. The van der Waals surface area contributed by atoms with E-state index in [1.807, 2.05) is 6.92 Å². The molecule has 0 aliphatic heterocycles. The molecule has 9 heteroatoms. The van der Waals surface area contributed by atoms with Crippen LogP contribution in [-0.2, 0) is 23.5 Å². The van der Waals surface area contributed by atoms with Gasteiger partial charge in [-0.1, -0.05) is 18.1 Å². The molecule has 1 aromatic carbocycles. The number of halogens is 1. The molecule has 0 saturated carbocycles. The van der Waals surface area contributed by atoms with Gasteiger partial charge in [0.1, 0.15) is 10.7 Å². The second kappa shape index (κ2) is 6.56. The molecule has 0 saturated heterocycles. The normalized spacial score (nSPS) is 11.7. The molecule has 26 heavy (non-hydrogen) atoms. The smallest absolute Gasteiger partial charge is 0.264 e. The van der Waals surface area contributed by atoms with E-state index >= 15 is 0 Å². The Balaban J connectivity index is 2.16. The van der Waals surface area contributed by atoms with Gasteiger partial charge >= 0.3 is 0 Å². The number of nitrogens with one attached hydrogen (secondary N) is 1. The van der Waals surface area contributed by atoms with E-state index in [-0.39, 0.29) is 16.5 Å². The predicted molar refractivity (Wildman–Crippen MR) is 94.8 cm³/mol. The average Bonchev–Trinajstić information content (AvgIpc) is 3.13. The van der Waals surface area contributed by atoms with E-state index in [0.29, 0.717) is 29.2 Å². The lowest BCUT2D eigenvalue weighted by molar-refractivity contribution is 0.422. The third-order valence-corrected chi connectivity index (χ3v) is 5.81. The summed E-state index contributed by atoms with van der Waals surface area (Å²) in [7, 11) is -2.25. The molecular formula is C17H19FN4O3S. The van der Waals surface area contributed by atoms with Crippen molar-refractivity contribution in [1.29, 1.82) is 0 Å². The molecule has 7 nitrogen and oxygen atoms in total. The highest BCUT2D eigenvalue weighted by molar-refractivity contribution is 7.93. The van der Waals surface area contributed by atoms with Gasteiger partial charge in [-0.25, -0.2) is 12.8 Å². The number of sulfonamides is 1. The molecule has 0 amide bonds. The van der Waals surface area contributed by atoms with Crippen molar-refractivity contribution in [3.8, 4) is 11.5 Å². The van der Waals surface area contributed by atoms with Crippen molar-refractivity contribution >= 4 is 15.7 Å². The van der Waals surface area contributed by atoms with Gasteiger partial charge in [-0.2, -0.15) is 4.98 Å². The standard InChI is InChI=1S/C17H19FN4O3S/c1-5-14-19-17(25-20-14)15-10(2)22(4)11(3)16(15)26(23,24)21-13-8-6-7-12(18)9-13/h6-9,21H,5H2,1-4H3. The zero-order valence-corrected chi connectivity index (χ0v) is 15.7. The van der Waals surface area contributed by atoms with Gasteiger partial charge in [-0.3, -0.25) is 4.72 Å². The van der Waals surface area contributed by atoms with E-state index in [9.17, 15) is 12.8 Å². The van der Waals surface area contributed by atoms with Crippen LogP contribution in [0.1, 0.15) is 24.1 Å². The van der Waals surface area contributed by atoms with Crippen LogP contribution in [0, 0.1) is 19.7 Å². The first-order valence-electron chi connectivity index (χ1n) is 8.01. The summed E-state index contributed by atoms with van der Waals surface area (Å²) in [6.07, 6.45) is 0.567. The summed E-state index contributed by atoms with van der Waals surface area (Å²) in [5.74, 6) is 0.0980. The lowest BCUT2D eigenvalue weighted by atomic mass is 10.2. The summed E-state index contributed by atoms with van der Waals surface area (Å²) >= 11 is 0. The van der Waals surface area contributed by atoms with E-state index in [0.717, 1.165) is 6.07 Å². The zero-order valence-electron chi connectivity index (χ0n) is 14.9. The average molecular weight is 378 g/mol. The largest absolute Gasteiger partial charge is 0.350 e. The Morgan fingerprint density at radius 2 is 2.00 bits per heavy atom. The van der Waals surface area contributed by atoms with E-state index < -0.39 is 15.8 Å². The SMILES string of the molecule is CCc1noc(-c2c(S(=O)(=O)Nc3cccc(F)c3)c(C)n(C)c2C)n1. The number of rotatable bonds is 5. The number of hydrogen-bond acceptors (Lipinski definition) is 5. The van der Waals surface area contributed by atoms with Crippen molar-refractivity contribution in [3.63, 3.8) is 0 Å². The minimum Gasteiger partial charge on any atom is -0.350 e. The van der Waals surface area contributed by atoms with Crippen LogP contribution in [0.25, 0.3) is 11.5 Å². The minimum absolute atomic E-state index is 0.0352. The fourth-order valence-electron chi connectivity index (χ4n) is 2.75. The van der Waals surface area contributed by atoms with Gasteiger partial charge < -0.3 is 9.09 Å². The van der Waals surface area contributed by atoms with Crippen molar-refractivity contribution in [2.45, 2.75) is 32.1 Å². The summed E-state index contributed by atoms with van der Waals surface area (Å²) in [6.45, 7) is 5.34. The van der Waals surface area contributed by atoms with Crippen LogP contribution in [0.3, 0.4) is 0 Å². The maximum atomic E-state index is 13.4. The number of hydrogen-bond donors (Lipinski definition) is 1. The molecule has 3 rings (SSSR count). The number of aromatic nitrogens is 3. The molecule has 2 aromatic heterocycles. The quantitative estimate of drug-likeness (QED) is 0.736. The van der Waals surface area contributed by atoms with Crippen LogP contribution < -0.4 is 4.72 Å². The Morgan fingerprint density at radius 3 is 2.62 bits per heavy atom. The van der Waals surface area contributed by atoms with Crippen LogP contribution >= 0.6 is 0 Å². The van der Waals surface area contributed by atoms with E-state index in [1.54, 1.807) is 25.5 Å². The van der Waals surface area contributed by atoms with Crippen molar-refractivity contribution in [2.24, 2.45) is 7.05 Å². The Bertz CT molecular complexity index is 1070. The van der Waals surface area contributed by atoms with Crippen molar-refractivity contribution in [2.75, 3.05) is 4.72 Å². The molecule has 138 valence electrons. The van der Waals surface area contributed by atoms with Crippen LogP contribution in [0.15, 0.2) is 33.7 Å². The van der Waals surface area contributed by atoms with E-state index in [2.05, 4.69) is 14.9 Å². The molecule has 2 heterocycles.